The number of ether oxygens (including phenoxy) is 2. The maximum atomic E-state index is 13.3. The van der Waals surface area contributed by atoms with Crippen LogP contribution in [0, 0.1) is 11.3 Å². The molecule has 1 saturated heterocycles. The van der Waals surface area contributed by atoms with Crippen molar-refractivity contribution in [1.82, 2.24) is 4.81 Å². The van der Waals surface area contributed by atoms with Crippen LogP contribution in [-0.2, 0) is 14.3 Å². The number of rotatable bonds is 9. The summed E-state index contributed by atoms with van der Waals surface area (Å²) in [6.45, 7) is 7.94. The number of Topliss-reactive ketones (excluding diaryl/α,β-unsaturated/α-hetero) is 1. The van der Waals surface area contributed by atoms with Crippen LogP contribution in [-0.4, -0.2) is 53.9 Å². The second-order valence-corrected chi connectivity index (χ2v) is 8.86. The number of nitrogens with zero attached hydrogens (tertiary/aromatic N) is 1. The predicted molar refractivity (Wildman–Crippen MR) is 124 cm³/mol. The summed E-state index contributed by atoms with van der Waals surface area (Å²) < 4.78 is 11.6. The van der Waals surface area contributed by atoms with Crippen LogP contribution in [0.3, 0.4) is 0 Å². The van der Waals surface area contributed by atoms with Crippen LogP contribution in [0.25, 0.3) is 10.8 Å². The van der Waals surface area contributed by atoms with Crippen LogP contribution in [0.5, 0.6) is 5.75 Å². The van der Waals surface area contributed by atoms with E-state index in [1.165, 1.54) is 0 Å². The number of carbonyl (C=O) groups excluding carboxylic acids is 2. The van der Waals surface area contributed by atoms with Crippen LogP contribution in [0.2, 0.25) is 6.82 Å². The third kappa shape index (κ3) is 4.19. The van der Waals surface area contributed by atoms with Gasteiger partial charge in [0, 0.05) is 24.8 Å². The molecule has 2 aromatic rings. The topological polar surface area (TPSA) is 76.1 Å². The third-order valence-electron chi connectivity index (χ3n) is 6.79. The summed E-state index contributed by atoms with van der Waals surface area (Å²) in [6.07, 6.45) is 2.63. The standard InChI is InChI=1S/C25H30BNO5/c1-4-18-14-25(18,24(29)31-5-2)15-22(28)21-13-19(16-27(21)26(3)30)32-23-12-8-10-17-9-6-7-11-20(17)23/h4,6-12,18-19,21,30H,1,5,13-16H2,2-3H3/t18-,19+,21-,25-/m0/s1. The summed E-state index contributed by atoms with van der Waals surface area (Å²) >= 11 is 0. The van der Waals surface area contributed by atoms with E-state index in [0.717, 1.165) is 16.5 Å². The number of allylic oxidation sites excluding steroid dienone is 1. The smallest absolute Gasteiger partial charge is 0.377 e. The Morgan fingerprint density at radius 1 is 1.28 bits per heavy atom. The number of hydrogen-bond acceptors (Lipinski definition) is 6. The van der Waals surface area contributed by atoms with Crippen molar-refractivity contribution in [2.75, 3.05) is 13.2 Å². The van der Waals surface area contributed by atoms with Gasteiger partial charge in [-0.1, -0.05) is 42.5 Å². The lowest BCUT2D eigenvalue weighted by atomic mass is 9.82. The first-order valence-electron chi connectivity index (χ1n) is 11.3. The molecular formula is C25H30BNO5. The van der Waals surface area contributed by atoms with Gasteiger partial charge in [-0.3, -0.25) is 9.59 Å². The molecule has 0 radical (unpaired) electrons. The molecule has 0 bridgehead atoms. The summed E-state index contributed by atoms with van der Waals surface area (Å²) in [4.78, 5) is 27.7. The number of fused-ring (bicyclic) bond motifs is 1. The number of esters is 1. The van der Waals surface area contributed by atoms with Crippen LogP contribution in [0.1, 0.15) is 26.2 Å². The Labute approximate surface area is 189 Å². The highest BCUT2D eigenvalue weighted by atomic mass is 16.5. The highest BCUT2D eigenvalue weighted by Gasteiger charge is 2.61. The first kappa shape index (κ1) is 22.6. The van der Waals surface area contributed by atoms with Crippen LogP contribution >= 0.6 is 0 Å². The highest BCUT2D eigenvalue weighted by molar-refractivity contribution is 6.46. The zero-order valence-corrected chi connectivity index (χ0v) is 18.7. The van der Waals surface area contributed by atoms with Crippen molar-refractivity contribution < 1.29 is 24.1 Å². The van der Waals surface area contributed by atoms with Crippen LogP contribution in [0.4, 0.5) is 0 Å². The van der Waals surface area contributed by atoms with Gasteiger partial charge in [-0.15, -0.1) is 6.58 Å². The molecule has 2 aliphatic rings. The molecule has 6 nitrogen and oxygen atoms in total. The Hall–Kier alpha value is -2.64. The minimum Gasteiger partial charge on any atom is -0.488 e. The van der Waals surface area contributed by atoms with Crippen molar-refractivity contribution in [2.45, 2.75) is 45.2 Å². The molecule has 1 aliphatic carbocycles. The van der Waals surface area contributed by atoms with Gasteiger partial charge in [-0.05, 0) is 37.5 Å². The van der Waals surface area contributed by atoms with E-state index in [4.69, 9.17) is 9.47 Å². The lowest BCUT2D eigenvalue weighted by molar-refractivity contribution is -0.152. The van der Waals surface area contributed by atoms with Crippen molar-refractivity contribution in [3.63, 3.8) is 0 Å². The van der Waals surface area contributed by atoms with E-state index < -0.39 is 18.5 Å². The molecule has 7 heteroatoms. The van der Waals surface area contributed by atoms with E-state index in [1.54, 1.807) is 24.6 Å². The van der Waals surface area contributed by atoms with E-state index >= 15 is 0 Å². The van der Waals surface area contributed by atoms with Crippen LogP contribution in [0.15, 0.2) is 55.1 Å². The van der Waals surface area contributed by atoms with Crippen molar-refractivity contribution in [2.24, 2.45) is 11.3 Å². The Kier molecular flexibility index (Phi) is 6.40. The molecule has 0 unspecified atom stereocenters. The molecule has 0 spiro atoms. The zero-order chi connectivity index (χ0) is 22.9. The molecule has 0 aromatic heterocycles. The molecule has 1 aliphatic heterocycles. The average Bonchev–Trinajstić information content (AvgIpc) is 3.33. The Balaban J connectivity index is 1.50. The second-order valence-electron chi connectivity index (χ2n) is 8.86. The van der Waals surface area contributed by atoms with Gasteiger partial charge in [0.15, 0.2) is 0 Å². The van der Waals surface area contributed by atoms with Gasteiger partial charge < -0.3 is 19.3 Å². The van der Waals surface area contributed by atoms with E-state index in [0.29, 0.717) is 19.4 Å². The Bertz CT molecular complexity index is 1020. The van der Waals surface area contributed by atoms with Crippen molar-refractivity contribution in [1.29, 1.82) is 0 Å². The number of benzene rings is 2. The molecule has 0 amide bonds. The average molecular weight is 435 g/mol. The molecule has 4 rings (SSSR count). The molecule has 2 aromatic carbocycles. The fraction of sp³-hybridized carbons (Fsp3) is 0.440. The molecule has 2 fully saturated rings. The zero-order valence-electron chi connectivity index (χ0n) is 18.7. The molecule has 168 valence electrons. The van der Waals surface area contributed by atoms with Crippen molar-refractivity contribution in [3.05, 3.63) is 55.1 Å². The van der Waals surface area contributed by atoms with E-state index in [-0.39, 0.29) is 36.8 Å². The minimum absolute atomic E-state index is 0.0466. The van der Waals surface area contributed by atoms with Crippen molar-refractivity contribution in [3.8, 4) is 5.75 Å². The largest absolute Gasteiger partial charge is 0.488 e. The lowest BCUT2D eigenvalue weighted by Crippen LogP contribution is -2.46. The minimum atomic E-state index is -0.812. The summed E-state index contributed by atoms with van der Waals surface area (Å²) in [5.74, 6) is 0.328. The summed E-state index contributed by atoms with van der Waals surface area (Å²) in [6, 6.07) is 13.4. The highest BCUT2D eigenvalue weighted by Crippen LogP contribution is 2.57. The molecule has 1 heterocycles. The summed E-state index contributed by atoms with van der Waals surface area (Å²) in [5, 5.41) is 12.4. The van der Waals surface area contributed by atoms with Gasteiger partial charge in [0.05, 0.1) is 18.1 Å². The second kappa shape index (κ2) is 9.08. The van der Waals surface area contributed by atoms with E-state index in [9.17, 15) is 14.6 Å². The molecule has 1 N–H and O–H groups in total. The number of ketones is 1. The maximum Gasteiger partial charge on any atom is 0.377 e. The van der Waals surface area contributed by atoms with Gasteiger partial charge in [-0.25, -0.2) is 0 Å². The summed E-state index contributed by atoms with van der Waals surface area (Å²) in [5.41, 5.74) is -0.812. The number of hydrogen-bond donors (Lipinski definition) is 1. The Morgan fingerprint density at radius 2 is 2.03 bits per heavy atom. The molecular weight excluding hydrogens is 405 g/mol. The van der Waals surface area contributed by atoms with Gasteiger partial charge in [0.2, 0.25) is 0 Å². The fourth-order valence-corrected chi connectivity index (χ4v) is 4.97. The monoisotopic (exact) mass is 435 g/mol. The molecule has 4 atom stereocenters. The van der Waals surface area contributed by atoms with Gasteiger partial charge in [0.25, 0.3) is 0 Å². The van der Waals surface area contributed by atoms with Gasteiger partial charge in [-0.2, -0.15) is 0 Å². The van der Waals surface area contributed by atoms with Crippen molar-refractivity contribution >= 4 is 29.6 Å². The maximum absolute atomic E-state index is 13.3. The van der Waals surface area contributed by atoms with Gasteiger partial charge in [0.1, 0.15) is 17.6 Å². The van der Waals surface area contributed by atoms with E-state index in [1.807, 2.05) is 42.5 Å². The quantitative estimate of drug-likeness (QED) is 0.369. The van der Waals surface area contributed by atoms with Crippen LogP contribution < -0.4 is 4.74 Å². The first-order chi connectivity index (χ1) is 15.4. The van der Waals surface area contributed by atoms with E-state index in [2.05, 4.69) is 6.58 Å². The third-order valence-corrected chi connectivity index (χ3v) is 6.79. The molecule has 1 saturated carbocycles. The SMILES string of the molecule is C=C[C@H]1C[C@@]1(CC(=O)[C@@H]1C[C@@H](Oc2cccc3ccccc23)CN1B(C)O)C(=O)OCC. The predicted octanol–water partition coefficient (Wildman–Crippen LogP) is 3.49. The summed E-state index contributed by atoms with van der Waals surface area (Å²) in [7, 11) is -0.794. The first-order valence-corrected chi connectivity index (χ1v) is 11.3. The number of carbonyl (C=O) groups is 2. The normalized spacial score (nSPS) is 27.2. The Morgan fingerprint density at radius 3 is 2.72 bits per heavy atom. The molecule has 32 heavy (non-hydrogen) atoms. The van der Waals surface area contributed by atoms with Gasteiger partial charge >= 0.3 is 13.0 Å². The fourth-order valence-electron chi connectivity index (χ4n) is 4.97. The lowest BCUT2D eigenvalue weighted by Gasteiger charge is -2.25.